The van der Waals surface area contributed by atoms with E-state index in [4.69, 9.17) is 23.2 Å². The second-order valence-corrected chi connectivity index (χ2v) is 11.5. The van der Waals surface area contributed by atoms with Crippen molar-refractivity contribution >= 4 is 50.9 Å². The minimum absolute atomic E-state index is 0.00586. The van der Waals surface area contributed by atoms with Crippen LogP contribution in [0, 0.1) is 0 Å². The Morgan fingerprint density at radius 2 is 1.64 bits per heavy atom. The number of carbonyl (C=O) groups excluding carboxylic acids is 2. The van der Waals surface area contributed by atoms with Crippen LogP contribution in [0.4, 0.5) is 5.69 Å². The van der Waals surface area contributed by atoms with Gasteiger partial charge in [0.2, 0.25) is 11.8 Å². The van der Waals surface area contributed by atoms with E-state index in [1.165, 1.54) is 19.0 Å². The summed E-state index contributed by atoms with van der Waals surface area (Å²) in [6.07, 6.45) is 1.05. The SMILES string of the molecule is CC[C@H](C(=O)N[C@@H](C)CC)N(Cc1ccc(Cl)cc1Cl)C(=O)CN(c1ccccc1)S(=O)(=O)N(C)C. The molecule has 1 N–H and O–H groups in total. The largest absolute Gasteiger partial charge is 0.352 e. The normalized spacial score (nSPS) is 13.2. The van der Waals surface area contributed by atoms with Crippen molar-refractivity contribution in [3.63, 3.8) is 0 Å². The van der Waals surface area contributed by atoms with Gasteiger partial charge in [-0.3, -0.25) is 9.59 Å². The van der Waals surface area contributed by atoms with Gasteiger partial charge >= 0.3 is 10.2 Å². The van der Waals surface area contributed by atoms with Gasteiger partial charge in [0.15, 0.2) is 0 Å². The second kappa shape index (κ2) is 13.3. The smallest absolute Gasteiger partial charge is 0.304 e. The molecule has 0 saturated heterocycles. The van der Waals surface area contributed by atoms with E-state index in [2.05, 4.69) is 5.32 Å². The summed E-state index contributed by atoms with van der Waals surface area (Å²) in [6.45, 7) is 5.14. The van der Waals surface area contributed by atoms with E-state index >= 15 is 0 Å². The fourth-order valence-corrected chi connectivity index (χ4v) is 5.03. The van der Waals surface area contributed by atoms with E-state index in [-0.39, 0.29) is 18.5 Å². The highest BCUT2D eigenvalue weighted by molar-refractivity contribution is 7.90. The van der Waals surface area contributed by atoms with Crippen molar-refractivity contribution in [1.29, 1.82) is 0 Å². The first-order valence-electron chi connectivity index (χ1n) is 11.7. The van der Waals surface area contributed by atoms with E-state index in [0.29, 0.717) is 27.7 Å². The Morgan fingerprint density at radius 3 is 2.17 bits per heavy atom. The molecule has 2 aromatic rings. The van der Waals surface area contributed by atoms with E-state index in [9.17, 15) is 18.0 Å². The highest BCUT2D eigenvalue weighted by Crippen LogP contribution is 2.25. The summed E-state index contributed by atoms with van der Waals surface area (Å²) < 4.78 is 28.4. The van der Waals surface area contributed by atoms with Gasteiger partial charge in [0.25, 0.3) is 0 Å². The van der Waals surface area contributed by atoms with Crippen LogP contribution in [0.3, 0.4) is 0 Å². The van der Waals surface area contributed by atoms with Crippen LogP contribution < -0.4 is 9.62 Å². The van der Waals surface area contributed by atoms with Gasteiger partial charge in [0.05, 0.1) is 5.69 Å². The summed E-state index contributed by atoms with van der Waals surface area (Å²) >= 11 is 12.4. The molecule has 0 radical (unpaired) electrons. The van der Waals surface area contributed by atoms with Crippen LogP contribution in [-0.2, 0) is 26.3 Å². The molecule has 0 aromatic heterocycles. The summed E-state index contributed by atoms with van der Waals surface area (Å²) in [7, 11) is -1.21. The van der Waals surface area contributed by atoms with Crippen LogP contribution in [0.1, 0.15) is 39.2 Å². The van der Waals surface area contributed by atoms with E-state index < -0.39 is 28.7 Å². The van der Waals surface area contributed by atoms with Gasteiger partial charge in [-0.1, -0.05) is 61.3 Å². The van der Waals surface area contributed by atoms with Gasteiger partial charge in [-0.25, -0.2) is 4.31 Å². The third-order valence-corrected chi connectivity index (χ3v) is 8.21. The number of para-hydroxylation sites is 1. The summed E-state index contributed by atoms with van der Waals surface area (Å²) in [5.41, 5.74) is 0.923. The Morgan fingerprint density at radius 1 is 1.00 bits per heavy atom. The van der Waals surface area contributed by atoms with Crippen LogP contribution >= 0.6 is 23.2 Å². The fourth-order valence-electron chi connectivity index (χ4n) is 3.51. The van der Waals surface area contributed by atoms with E-state index in [1.54, 1.807) is 55.5 Å². The molecule has 0 spiro atoms. The number of carbonyl (C=O) groups is 2. The van der Waals surface area contributed by atoms with Gasteiger partial charge in [-0.15, -0.1) is 0 Å². The molecule has 0 fully saturated rings. The second-order valence-electron chi connectivity index (χ2n) is 8.63. The number of hydrogen-bond donors (Lipinski definition) is 1. The monoisotopic (exact) mass is 556 g/mol. The molecule has 2 amide bonds. The zero-order chi connectivity index (χ0) is 27.0. The van der Waals surface area contributed by atoms with E-state index in [1.807, 2.05) is 13.8 Å². The molecule has 2 rings (SSSR count). The van der Waals surface area contributed by atoms with Crippen LogP contribution in [-0.4, -0.2) is 62.2 Å². The minimum atomic E-state index is -4.01. The lowest BCUT2D eigenvalue weighted by molar-refractivity contribution is -0.140. The third kappa shape index (κ3) is 7.59. The lowest BCUT2D eigenvalue weighted by Gasteiger charge is -2.34. The highest BCUT2D eigenvalue weighted by Gasteiger charge is 2.34. The Bertz CT molecular complexity index is 1150. The predicted molar refractivity (Wildman–Crippen MR) is 145 cm³/mol. The Labute approximate surface area is 224 Å². The Hall–Kier alpha value is -2.33. The topological polar surface area (TPSA) is 90.0 Å². The van der Waals surface area contributed by atoms with Crippen LogP contribution in [0.15, 0.2) is 48.5 Å². The first kappa shape index (κ1) is 29.9. The minimum Gasteiger partial charge on any atom is -0.352 e. The number of amides is 2. The van der Waals surface area contributed by atoms with Gasteiger partial charge in [0, 0.05) is 36.7 Å². The van der Waals surface area contributed by atoms with Crippen LogP contribution in [0.5, 0.6) is 0 Å². The number of rotatable bonds is 12. The molecule has 0 aliphatic heterocycles. The summed E-state index contributed by atoms with van der Waals surface area (Å²) in [5.74, 6) is -0.853. The van der Waals surface area contributed by atoms with Gasteiger partial charge in [-0.05, 0) is 49.6 Å². The third-order valence-electron chi connectivity index (χ3n) is 5.81. The lowest BCUT2D eigenvalue weighted by Crippen LogP contribution is -2.54. The fraction of sp³-hybridized carbons (Fsp3) is 0.440. The number of anilines is 1. The van der Waals surface area contributed by atoms with Crippen molar-refractivity contribution in [2.24, 2.45) is 0 Å². The molecule has 2 atom stereocenters. The van der Waals surface area contributed by atoms with Gasteiger partial charge in [-0.2, -0.15) is 12.7 Å². The van der Waals surface area contributed by atoms with Crippen molar-refractivity contribution in [3.8, 4) is 0 Å². The standard InChI is InChI=1S/C25H34Cl2N4O4S/c1-6-18(3)28-25(33)23(7-2)30(16-19-13-14-20(26)15-22(19)27)24(32)17-31(36(34,35)29(4)5)21-11-9-8-10-12-21/h8-15,18,23H,6-7,16-17H2,1-5H3,(H,28,33)/t18-,23+/m0/s1. The molecular weight excluding hydrogens is 523 g/mol. The maximum Gasteiger partial charge on any atom is 0.304 e. The van der Waals surface area contributed by atoms with Gasteiger partial charge < -0.3 is 10.2 Å². The first-order chi connectivity index (χ1) is 16.9. The maximum absolute atomic E-state index is 13.8. The molecule has 0 heterocycles. The first-order valence-corrected chi connectivity index (χ1v) is 13.9. The molecular formula is C25H34Cl2N4O4S. The molecule has 2 aromatic carbocycles. The molecule has 0 saturated carbocycles. The van der Waals surface area contributed by atoms with Crippen molar-refractivity contribution < 1.29 is 18.0 Å². The average molecular weight is 558 g/mol. The quantitative estimate of drug-likeness (QED) is 0.421. The molecule has 0 aliphatic carbocycles. The zero-order valence-corrected chi connectivity index (χ0v) is 23.6. The Kier molecular flexibility index (Phi) is 11.0. The van der Waals surface area contributed by atoms with Crippen molar-refractivity contribution in [2.75, 3.05) is 24.9 Å². The number of nitrogens with one attached hydrogen (secondary N) is 1. The summed E-state index contributed by atoms with van der Waals surface area (Å²) in [6, 6.07) is 12.4. The molecule has 198 valence electrons. The molecule has 11 heteroatoms. The summed E-state index contributed by atoms with van der Waals surface area (Å²) in [4.78, 5) is 28.4. The van der Waals surface area contributed by atoms with Gasteiger partial charge in [0.1, 0.15) is 12.6 Å². The maximum atomic E-state index is 13.8. The summed E-state index contributed by atoms with van der Waals surface area (Å²) in [5, 5.41) is 3.72. The van der Waals surface area contributed by atoms with Crippen LogP contribution in [0.25, 0.3) is 0 Å². The van der Waals surface area contributed by atoms with Crippen molar-refractivity contribution in [3.05, 3.63) is 64.1 Å². The number of halogens is 2. The molecule has 36 heavy (non-hydrogen) atoms. The zero-order valence-electron chi connectivity index (χ0n) is 21.2. The van der Waals surface area contributed by atoms with E-state index in [0.717, 1.165) is 15.0 Å². The van der Waals surface area contributed by atoms with Crippen molar-refractivity contribution in [2.45, 2.75) is 52.2 Å². The molecule has 0 bridgehead atoms. The number of nitrogens with zero attached hydrogens (tertiary/aromatic N) is 3. The number of benzene rings is 2. The lowest BCUT2D eigenvalue weighted by atomic mass is 10.1. The highest BCUT2D eigenvalue weighted by atomic mass is 35.5. The molecule has 8 nitrogen and oxygen atoms in total. The Balaban J connectivity index is 2.51. The van der Waals surface area contributed by atoms with Crippen molar-refractivity contribution in [1.82, 2.24) is 14.5 Å². The van der Waals surface area contributed by atoms with Crippen LogP contribution in [0.2, 0.25) is 10.0 Å². The molecule has 0 aliphatic rings. The molecule has 0 unspecified atom stereocenters. The number of hydrogen-bond acceptors (Lipinski definition) is 4. The average Bonchev–Trinajstić information content (AvgIpc) is 2.83. The predicted octanol–water partition coefficient (Wildman–Crippen LogP) is 4.33.